The summed E-state index contributed by atoms with van der Waals surface area (Å²) < 4.78 is 38.7. The number of rotatable bonds is 5. The van der Waals surface area contributed by atoms with E-state index in [1.165, 1.54) is 11.8 Å². The molecule has 4 rings (SSSR count). The molecule has 2 heterocycles. The summed E-state index contributed by atoms with van der Waals surface area (Å²) in [5.41, 5.74) is 2.13. The van der Waals surface area contributed by atoms with E-state index in [9.17, 15) is 8.78 Å². The Morgan fingerprint density at radius 3 is 2.68 bits per heavy atom. The molecule has 28 heavy (non-hydrogen) atoms. The van der Waals surface area contributed by atoms with Crippen LogP contribution in [0.2, 0.25) is 0 Å². The van der Waals surface area contributed by atoms with Gasteiger partial charge in [-0.05, 0) is 62.9 Å². The normalized spacial score (nSPS) is 15.6. The fraction of sp³-hybridized carbons (Fsp3) is 0.167. The zero-order valence-electron chi connectivity index (χ0n) is 14.5. The molecule has 0 fully saturated rings. The van der Waals surface area contributed by atoms with Crippen LogP contribution in [0.15, 0.2) is 48.5 Å². The third-order valence-electron chi connectivity index (χ3n) is 4.24. The molecule has 1 aromatic heterocycles. The third-order valence-corrected chi connectivity index (χ3v) is 4.96. The average Bonchev–Trinajstić information content (AvgIpc) is 3.16. The van der Waals surface area contributed by atoms with Crippen molar-refractivity contribution >= 4 is 34.2 Å². The highest BCUT2D eigenvalue weighted by Gasteiger charge is 2.29. The number of fused-ring (bicyclic) bond motifs is 1. The summed E-state index contributed by atoms with van der Waals surface area (Å²) in [5, 5.41) is 14.9. The van der Waals surface area contributed by atoms with Crippen LogP contribution in [0.5, 0.6) is 11.5 Å². The quantitative estimate of drug-likeness (QED) is 0.539. The van der Waals surface area contributed by atoms with Crippen molar-refractivity contribution in [3.05, 3.63) is 63.2 Å². The number of methoxy groups -OCH3 is 1. The van der Waals surface area contributed by atoms with Crippen LogP contribution in [0.4, 0.5) is 14.7 Å². The Hall–Kier alpha value is -2.76. The molecular formula is C18H14F2IN5O2. The van der Waals surface area contributed by atoms with Gasteiger partial charge in [-0.25, -0.2) is 0 Å². The lowest BCUT2D eigenvalue weighted by Gasteiger charge is -2.25. The molecule has 7 nitrogen and oxygen atoms in total. The van der Waals surface area contributed by atoms with Crippen LogP contribution in [-0.4, -0.2) is 33.9 Å². The Kier molecular flexibility index (Phi) is 5.11. The van der Waals surface area contributed by atoms with Gasteiger partial charge in [0.05, 0.1) is 7.11 Å². The van der Waals surface area contributed by atoms with Gasteiger partial charge < -0.3 is 14.8 Å². The number of anilines is 1. The molecule has 10 heteroatoms. The summed E-state index contributed by atoms with van der Waals surface area (Å²) >= 11 is 2.23. The zero-order valence-corrected chi connectivity index (χ0v) is 16.7. The Bertz CT molecular complexity index is 1020. The maximum atomic E-state index is 13.0. The zero-order chi connectivity index (χ0) is 19.7. The van der Waals surface area contributed by atoms with Crippen LogP contribution >= 0.6 is 22.6 Å². The second-order valence-electron chi connectivity index (χ2n) is 5.86. The SMILES string of the molecule is COc1cccc([C@@H]2C=C(c3ccc(I)cc3)Nc3nnnn32)c1OC(F)F. The van der Waals surface area contributed by atoms with Gasteiger partial charge in [-0.3, -0.25) is 0 Å². The Morgan fingerprint density at radius 1 is 1.18 bits per heavy atom. The van der Waals surface area contributed by atoms with E-state index in [1.807, 2.05) is 30.3 Å². The number of para-hydroxylation sites is 1. The Labute approximate surface area is 172 Å². The largest absolute Gasteiger partial charge is 0.493 e. The molecule has 0 radical (unpaired) electrons. The lowest BCUT2D eigenvalue weighted by atomic mass is 10.0. The van der Waals surface area contributed by atoms with E-state index in [-0.39, 0.29) is 11.5 Å². The van der Waals surface area contributed by atoms with Crippen LogP contribution in [0.3, 0.4) is 0 Å². The number of tetrazole rings is 1. The number of allylic oxidation sites excluding steroid dienone is 1. The average molecular weight is 497 g/mol. The summed E-state index contributed by atoms with van der Waals surface area (Å²) in [6, 6.07) is 12.2. The predicted molar refractivity (Wildman–Crippen MR) is 106 cm³/mol. The number of nitrogens with zero attached hydrogens (tertiary/aromatic N) is 4. The van der Waals surface area contributed by atoms with Crippen molar-refractivity contribution in [2.75, 3.05) is 12.4 Å². The van der Waals surface area contributed by atoms with Gasteiger partial charge in [0.15, 0.2) is 11.5 Å². The topological polar surface area (TPSA) is 74.1 Å². The summed E-state index contributed by atoms with van der Waals surface area (Å²) in [6.07, 6.45) is 1.86. The van der Waals surface area contributed by atoms with Crippen LogP contribution < -0.4 is 14.8 Å². The number of ether oxygens (including phenoxy) is 2. The molecule has 144 valence electrons. The molecule has 3 aromatic rings. The Morgan fingerprint density at radius 2 is 1.96 bits per heavy atom. The highest BCUT2D eigenvalue weighted by molar-refractivity contribution is 14.1. The van der Waals surface area contributed by atoms with Crippen molar-refractivity contribution in [2.24, 2.45) is 0 Å². The van der Waals surface area contributed by atoms with Crippen molar-refractivity contribution in [3.63, 3.8) is 0 Å². The van der Waals surface area contributed by atoms with Gasteiger partial charge in [0.25, 0.3) is 0 Å². The van der Waals surface area contributed by atoms with Gasteiger partial charge in [0.1, 0.15) is 6.04 Å². The van der Waals surface area contributed by atoms with E-state index in [1.54, 1.807) is 18.2 Å². The van der Waals surface area contributed by atoms with E-state index in [0.29, 0.717) is 11.5 Å². The van der Waals surface area contributed by atoms with Crippen LogP contribution in [0.1, 0.15) is 17.2 Å². The number of halogens is 3. The first kappa shape index (κ1) is 18.6. The first-order valence-electron chi connectivity index (χ1n) is 8.21. The second-order valence-corrected chi connectivity index (χ2v) is 7.11. The van der Waals surface area contributed by atoms with Gasteiger partial charge >= 0.3 is 6.61 Å². The Balaban J connectivity index is 1.85. The molecule has 0 unspecified atom stereocenters. The predicted octanol–water partition coefficient (Wildman–Crippen LogP) is 3.94. The fourth-order valence-electron chi connectivity index (χ4n) is 3.01. The molecule has 0 saturated heterocycles. The molecule has 1 aliphatic rings. The van der Waals surface area contributed by atoms with Crippen molar-refractivity contribution in [2.45, 2.75) is 12.7 Å². The van der Waals surface area contributed by atoms with E-state index in [4.69, 9.17) is 9.47 Å². The van der Waals surface area contributed by atoms with E-state index < -0.39 is 12.7 Å². The standard InChI is InChI=1S/C18H14F2IN5O2/c1-27-15-4-2-3-12(16(15)28-17(19)20)14-9-13(10-5-7-11(21)8-6-10)22-18-23-24-25-26(14)18/h2-9,14,17H,1H3,(H,22,23,25)/t14-/m0/s1. The number of benzene rings is 2. The smallest absolute Gasteiger partial charge is 0.387 e. The monoisotopic (exact) mass is 497 g/mol. The first-order valence-corrected chi connectivity index (χ1v) is 9.29. The van der Waals surface area contributed by atoms with Gasteiger partial charge in [0.2, 0.25) is 5.95 Å². The fourth-order valence-corrected chi connectivity index (χ4v) is 3.37. The molecule has 0 bridgehead atoms. The van der Waals surface area contributed by atoms with Crippen molar-refractivity contribution in [3.8, 4) is 11.5 Å². The van der Waals surface area contributed by atoms with Gasteiger partial charge in [-0.2, -0.15) is 13.5 Å². The lowest BCUT2D eigenvalue weighted by Crippen LogP contribution is -2.21. The molecule has 1 aliphatic heterocycles. The molecular weight excluding hydrogens is 483 g/mol. The summed E-state index contributed by atoms with van der Waals surface area (Å²) in [5.74, 6) is 0.550. The number of aromatic nitrogens is 4. The molecule has 2 aromatic carbocycles. The number of alkyl halides is 2. The minimum atomic E-state index is -3.00. The van der Waals surface area contributed by atoms with E-state index >= 15 is 0 Å². The first-order chi connectivity index (χ1) is 13.6. The molecule has 0 saturated carbocycles. The van der Waals surface area contributed by atoms with Crippen molar-refractivity contribution < 1.29 is 18.3 Å². The van der Waals surface area contributed by atoms with Crippen molar-refractivity contribution in [1.82, 2.24) is 20.2 Å². The third kappa shape index (κ3) is 3.51. The van der Waals surface area contributed by atoms with Crippen LogP contribution in [0.25, 0.3) is 5.70 Å². The van der Waals surface area contributed by atoms with E-state index in [2.05, 4.69) is 43.4 Å². The lowest BCUT2D eigenvalue weighted by molar-refractivity contribution is -0.0520. The molecule has 1 atom stereocenters. The van der Waals surface area contributed by atoms with Gasteiger partial charge in [-0.15, -0.1) is 0 Å². The minimum Gasteiger partial charge on any atom is -0.493 e. The number of hydrogen-bond donors (Lipinski definition) is 1. The summed E-state index contributed by atoms with van der Waals surface area (Å²) in [7, 11) is 1.40. The van der Waals surface area contributed by atoms with Gasteiger partial charge in [0, 0.05) is 14.8 Å². The number of nitrogens with one attached hydrogen (secondary N) is 1. The van der Waals surface area contributed by atoms with Crippen LogP contribution in [-0.2, 0) is 0 Å². The second kappa shape index (κ2) is 7.70. The molecule has 1 N–H and O–H groups in total. The highest BCUT2D eigenvalue weighted by Crippen LogP contribution is 2.41. The van der Waals surface area contributed by atoms with Crippen molar-refractivity contribution in [1.29, 1.82) is 0 Å². The maximum absolute atomic E-state index is 13.0. The molecule has 0 amide bonds. The summed E-state index contributed by atoms with van der Waals surface area (Å²) in [6.45, 7) is -3.00. The molecule has 0 spiro atoms. The molecule has 0 aliphatic carbocycles. The van der Waals surface area contributed by atoms with Crippen LogP contribution in [0, 0.1) is 3.57 Å². The maximum Gasteiger partial charge on any atom is 0.387 e. The minimum absolute atomic E-state index is 0.0495. The van der Waals surface area contributed by atoms with Gasteiger partial charge in [-0.1, -0.05) is 29.4 Å². The van der Waals surface area contributed by atoms with E-state index in [0.717, 1.165) is 14.8 Å². The summed E-state index contributed by atoms with van der Waals surface area (Å²) in [4.78, 5) is 0. The highest BCUT2D eigenvalue weighted by atomic mass is 127. The number of hydrogen-bond acceptors (Lipinski definition) is 6.